The first kappa shape index (κ1) is 14.5. The second kappa shape index (κ2) is 5.61. The minimum Gasteiger partial charge on any atom is -0.310 e. The highest BCUT2D eigenvalue weighted by atomic mass is 32.2. The molecule has 1 aromatic carbocycles. The van der Waals surface area contributed by atoms with Crippen molar-refractivity contribution in [2.45, 2.75) is 43.7 Å². The molecule has 0 heterocycles. The molecule has 1 aromatic rings. The van der Waals surface area contributed by atoms with E-state index in [4.69, 9.17) is 0 Å². The van der Waals surface area contributed by atoms with Crippen molar-refractivity contribution in [3.63, 3.8) is 0 Å². The van der Waals surface area contributed by atoms with Crippen LogP contribution in [0.25, 0.3) is 0 Å². The second-order valence-corrected chi connectivity index (χ2v) is 7.10. The Balaban J connectivity index is 2.17. The van der Waals surface area contributed by atoms with Crippen LogP contribution < -0.4 is 5.32 Å². The molecule has 0 aliphatic heterocycles. The number of nitrogens with one attached hydrogen (secondary N) is 1. The van der Waals surface area contributed by atoms with Crippen LogP contribution in [0.15, 0.2) is 29.2 Å². The van der Waals surface area contributed by atoms with Gasteiger partial charge in [0.2, 0.25) is 10.0 Å². The Hall–Kier alpha value is -0.910. The minimum absolute atomic E-state index is 0.199. The maximum atomic E-state index is 12.3. The Morgan fingerprint density at radius 2 is 1.89 bits per heavy atom. The molecule has 106 valence electrons. The fourth-order valence-corrected chi connectivity index (χ4v) is 3.57. The van der Waals surface area contributed by atoms with Crippen molar-refractivity contribution >= 4 is 10.0 Å². The molecule has 1 atom stereocenters. The van der Waals surface area contributed by atoms with E-state index >= 15 is 0 Å². The van der Waals surface area contributed by atoms with Gasteiger partial charge >= 0.3 is 0 Å². The smallest absolute Gasteiger partial charge is 0.243 e. The van der Waals surface area contributed by atoms with E-state index in [0.717, 1.165) is 24.9 Å². The van der Waals surface area contributed by atoms with Gasteiger partial charge in [-0.25, -0.2) is 8.42 Å². The Labute approximate surface area is 115 Å². The summed E-state index contributed by atoms with van der Waals surface area (Å²) in [6, 6.07) is 7.63. The van der Waals surface area contributed by atoms with Crippen molar-refractivity contribution in [2.24, 2.45) is 0 Å². The summed E-state index contributed by atoms with van der Waals surface area (Å²) in [6.45, 7) is 5.02. The van der Waals surface area contributed by atoms with E-state index in [1.165, 1.54) is 4.31 Å². The summed E-state index contributed by atoms with van der Waals surface area (Å²) < 4.78 is 26.2. The lowest BCUT2D eigenvalue weighted by Gasteiger charge is -2.17. The zero-order chi connectivity index (χ0) is 14.0. The quantitative estimate of drug-likeness (QED) is 0.869. The standard InChI is InChI=1S/C14H22N2O2S/c1-4-15-11(2)12-5-9-14(10-6-12)19(17,18)16(3)13-7-8-13/h5-6,9-11,13,15H,4,7-8H2,1-3H3. The molecule has 0 aromatic heterocycles. The highest BCUT2D eigenvalue weighted by Gasteiger charge is 2.34. The van der Waals surface area contributed by atoms with Crippen molar-refractivity contribution < 1.29 is 8.42 Å². The van der Waals surface area contributed by atoms with Crippen molar-refractivity contribution in [1.82, 2.24) is 9.62 Å². The largest absolute Gasteiger partial charge is 0.310 e. The molecule has 0 amide bonds. The number of hydrogen-bond acceptors (Lipinski definition) is 3. The zero-order valence-electron chi connectivity index (χ0n) is 11.8. The number of sulfonamides is 1. The van der Waals surface area contributed by atoms with E-state index in [1.54, 1.807) is 19.2 Å². The number of benzene rings is 1. The highest BCUT2D eigenvalue weighted by Crippen LogP contribution is 2.30. The highest BCUT2D eigenvalue weighted by molar-refractivity contribution is 7.89. The van der Waals surface area contributed by atoms with Crippen LogP contribution in [0.3, 0.4) is 0 Å². The second-order valence-electron chi connectivity index (χ2n) is 5.10. The van der Waals surface area contributed by atoms with Crippen LogP contribution in [0.4, 0.5) is 0 Å². The monoisotopic (exact) mass is 282 g/mol. The zero-order valence-corrected chi connectivity index (χ0v) is 12.6. The van der Waals surface area contributed by atoms with Crippen LogP contribution in [0.5, 0.6) is 0 Å². The average molecular weight is 282 g/mol. The summed E-state index contributed by atoms with van der Waals surface area (Å²) in [5, 5.41) is 3.31. The Morgan fingerprint density at radius 3 is 2.37 bits per heavy atom. The molecule has 1 aliphatic carbocycles. The molecule has 0 saturated heterocycles. The molecule has 0 radical (unpaired) electrons. The van der Waals surface area contributed by atoms with E-state index in [9.17, 15) is 8.42 Å². The Morgan fingerprint density at radius 1 is 1.32 bits per heavy atom. The van der Waals surface area contributed by atoms with Gasteiger partial charge in [0.15, 0.2) is 0 Å². The van der Waals surface area contributed by atoms with Crippen molar-refractivity contribution in [1.29, 1.82) is 0 Å². The molecule has 1 N–H and O–H groups in total. The van der Waals surface area contributed by atoms with E-state index < -0.39 is 10.0 Å². The van der Waals surface area contributed by atoms with Gasteiger partial charge in [-0.15, -0.1) is 0 Å². The third-order valence-electron chi connectivity index (χ3n) is 3.63. The van der Waals surface area contributed by atoms with Gasteiger partial charge < -0.3 is 5.32 Å². The van der Waals surface area contributed by atoms with Crippen LogP contribution in [-0.4, -0.2) is 32.4 Å². The van der Waals surface area contributed by atoms with E-state index in [0.29, 0.717) is 4.90 Å². The van der Waals surface area contributed by atoms with E-state index in [2.05, 4.69) is 19.2 Å². The molecule has 1 aliphatic rings. The maximum absolute atomic E-state index is 12.3. The molecule has 19 heavy (non-hydrogen) atoms. The van der Waals surface area contributed by atoms with Gasteiger partial charge in [0, 0.05) is 19.1 Å². The molecule has 1 saturated carbocycles. The summed E-state index contributed by atoms with van der Waals surface area (Å²) >= 11 is 0. The first-order valence-electron chi connectivity index (χ1n) is 6.78. The first-order chi connectivity index (χ1) is 8.96. The van der Waals surface area contributed by atoms with Crippen LogP contribution >= 0.6 is 0 Å². The average Bonchev–Trinajstić information content (AvgIpc) is 3.22. The van der Waals surface area contributed by atoms with Crippen molar-refractivity contribution in [3.05, 3.63) is 29.8 Å². The number of hydrogen-bond donors (Lipinski definition) is 1. The van der Waals surface area contributed by atoms with Gasteiger partial charge in [-0.05, 0) is 44.0 Å². The third kappa shape index (κ3) is 3.16. The molecule has 2 rings (SSSR count). The van der Waals surface area contributed by atoms with Gasteiger partial charge in [0.1, 0.15) is 0 Å². The summed E-state index contributed by atoms with van der Waals surface area (Å²) in [4.78, 5) is 0.384. The number of nitrogens with zero attached hydrogens (tertiary/aromatic N) is 1. The molecule has 5 heteroatoms. The summed E-state index contributed by atoms with van der Waals surface area (Å²) in [6.07, 6.45) is 1.95. The molecule has 1 fully saturated rings. The van der Waals surface area contributed by atoms with Crippen LogP contribution in [0.1, 0.15) is 38.3 Å². The molecule has 0 bridgehead atoms. The lowest BCUT2D eigenvalue weighted by Crippen LogP contribution is -2.29. The predicted molar refractivity (Wildman–Crippen MR) is 76.5 cm³/mol. The normalized spacial score (nSPS) is 17.7. The summed E-state index contributed by atoms with van der Waals surface area (Å²) in [5.74, 6) is 0. The number of rotatable bonds is 6. The molecule has 1 unspecified atom stereocenters. The summed E-state index contributed by atoms with van der Waals surface area (Å²) in [7, 11) is -1.65. The van der Waals surface area contributed by atoms with Crippen molar-refractivity contribution in [3.8, 4) is 0 Å². The molecule has 0 spiro atoms. The van der Waals surface area contributed by atoms with Gasteiger partial charge in [-0.2, -0.15) is 4.31 Å². The Kier molecular flexibility index (Phi) is 4.28. The van der Waals surface area contributed by atoms with Crippen LogP contribution in [-0.2, 0) is 10.0 Å². The molecular formula is C14H22N2O2S. The minimum atomic E-state index is -3.32. The fourth-order valence-electron chi connectivity index (χ4n) is 2.15. The van der Waals surface area contributed by atoms with Gasteiger partial charge in [0.25, 0.3) is 0 Å². The maximum Gasteiger partial charge on any atom is 0.243 e. The lowest BCUT2D eigenvalue weighted by molar-refractivity contribution is 0.464. The van der Waals surface area contributed by atoms with E-state index in [-0.39, 0.29) is 12.1 Å². The lowest BCUT2D eigenvalue weighted by atomic mass is 10.1. The topological polar surface area (TPSA) is 49.4 Å². The first-order valence-corrected chi connectivity index (χ1v) is 8.22. The molecular weight excluding hydrogens is 260 g/mol. The Bertz CT molecular complexity index is 521. The summed E-state index contributed by atoms with van der Waals surface area (Å²) in [5.41, 5.74) is 1.11. The fraction of sp³-hybridized carbons (Fsp3) is 0.571. The molecule has 4 nitrogen and oxygen atoms in total. The van der Waals surface area contributed by atoms with Crippen LogP contribution in [0, 0.1) is 0 Å². The van der Waals surface area contributed by atoms with E-state index in [1.807, 2.05) is 12.1 Å². The SMILES string of the molecule is CCNC(C)c1ccc(S(=O)(=O)N(C)C2CC2)cc1. The third-order valence-corrected chi connectivity index (χ3v) is 5.55. The van der Waals surface area contributed by atoms with Crippen LogP contribution in [0.2, 0.25) is 0 Å². The van der Waals surface area contributed by atoms with Crippen molar-refractivity contribution in [2.75, 3.05) is 13.6 Å². The van der Waals surface area contributed by atoms with Gasteiger partial charge in [-0.3, -0.25) is 0 Å². The predicted octanol–water partition coefficient (Wildman–Crippen LogP) is 2.14. The van der Waals surface area contributed by atoms with Gasteiger partial charge in [-0.1, -0.05) is 19.1 Å². The van der Waals surface area contributed by atoms with Gasteiger partial charge in [0.05, 0.1) is 4.90 Å².